The predicted octanol–water partition coefficient (Wildman–Crippen LogP) is 6.16. The number of imide groups is 1. The van der Waals surface area contributed by atoms with Gasteiger partial charge in [-0.1, -0.05) is 55.8 Å². The van der Waals surface area contributed by atoms with Gasteiger partial charge in [0, 0.05) is 16.4 Å². The third kappa shape index (κ3) is 7.68. The van der Waals surface area contributed by atoms with Crippen molar-refractivity contribution < 1.29 is 28.7 Å². The molecule has 11 heteroatoms. The largest absolute Gasteiger partial charge is 0.493 e. The van der Waals surface area contributed by atoms with Crippen LogP contribution in [0.15, 0.2) is 71.6 Å². The molecule has 0 aliphatic carbocycles. The van der Waals surface area contributed by atoms with Crippen LogP contribution < -0.4 is 20.1 Å². The van der Waals surface area contributed by atoms with Gasteiger partial charge in [-0.25, -0.2) is 0 Å². The van der Waals surface area contributed by atoms with Gasteiger partial charge < -0.3 is 20.1 Å². The summed E-state index contributed by atoms with van der Waals surface area (Å²) in [4.78, 5) is 51.4. The Morgan fingerprint density at radius 3 is 2.49 bits per heavy atom. The Kier molecular flexibility index (Phi) is 9.69. The number of carbonyl (C=O) groups is 4. The van der Waals surface area contributed by atoms with Gasteiger partial charge in [-0.15, -0.1) is 0 Å². The fourth-order valence-electron chi connectivity index (χ4n) is 4.04. The average molecular weight is 594 g/mol. The Bertz CT molecular complexity index is 1520. The van der Waals surface area contributed by atoms with Crippen molar-refractivity contribution >= 4 is 63.8 Å². The van der Waals surface area contributed by atoms with Crippen LogP contribution in [0.2, 0.25) is 5.02 Å². The molecule has 9 nitrogen and oxygen atoms in total. The molecular formula is C30H28ClN3O6S. The van der Waals surface area contributed by atoms with Gasteiger partial charge in [0.05, 0.1) is 12.0 Å². The van der Waals surface area contributed by atoms with Crippen LogP contribution in [0.1, 0.15) is 30.9 Å². The Balaban J connectivity index is 1.38. The van der Waals surface area contributed by atoms with E-state index in [9.17, 15) is 19.2 Å². The minimum absolute atomic E-state index is 0.157. The van der Waals surface area contributed by atoms with E-state index in [4.69, 9.17) is 21.1 Å². The maximum absolute atomic E-state index is 12.9. The van der Waals surface area contributed by atoms with Crippen LogP contribution >= 0.6 is 23.4 Å². The number of para-hydroxylation sites is 1. The van der Waals surface area contributed by atoms with E-state index in [-0.39, 0.29) is 23.3 Å². The fraction of sp³-hybridized carbons (Fsp3) is 0.200. The van der Waals surface area contributed by atoms with E-state index in [1.807, 2.05) is 38.1 Å². The van der Waals surface area contributed by atoms with E-state index in [1.165, 1.54) is 13.2 Å². The second-order valence-corrected chi connectivity index (χ2v) is 10.7. The van der Waals surface area contributed by atoms with Crippen molar-refractivity contribution in [1.29, 1.82) is 0 Å². The molecule has 1 aliphatic heterocycles. The van der Waals surface area contributed by atoms with Crippen LogP contribution in [0.5, 0.6) is 11.5 Å². The Hall–Kier alpha value is -4.28. The zero-order valence-electron chi connectivity index (χ0n) is 22.6. The summed E-state index contributed by atoms with van der Waals surface area (Å²) in [6, 6.07) is 19.0. The second kappa shape index (κ2) is 13.4. The van der Waals surface area contributed by atoms with Crippen molar-refractivity contribution in [2.45, 2.75) is 19.8 Å². The van der Waals surface area contributed by atoms with Crippen molar-refractivity contribution in [1.82, 2.24) is 4.90 Å². The Labute approximate surface area is 246 Å². The summed E-state index contributed by atoms with van der Waals surface area (Å²) in [5.74, 6) is -0.517. The van der Waals surface area contributed by atoms with Gasteiger partial charge in [-0.2, -0.15) is 0 Å². The first-order valence-corrected chi connectivity index (χ1v) is 13.8. The number of nitrogens with zero attached hydrogens (tertiary/aromatic N) is 1. The maximum atomic E-state index is 12.9. The number of rotatable bonds is 10. The highest BCUT2D eigenvalue weighted by atomic mass is 35.5. The van der Waals surface area contributed by atoms with Crippen molar-refractivity contribution in [3.05, 3.63) is 87.8 Å². The number of nitrogens with one attached hydrogen (secondary N) is 2. The highest BCUT2D eigenvalue weighted by molar-refractivity contribution is 8.18. The van der Waals surface area contributed by atoms with Gasteiger partial charge in [0.2, 0.25) is 5.91 Å². The molecule has 1 heterocycles. The Morgan fingerprint density at radius 2 is 1.76 bits per heavy atom. The summed E-state index contributed by atoms with van der Waals surface area (Å²) >= 11 is 6.67. The van der Waals surface area contributed by atoms with Gasteiger partial charge >= 0.3 is 0 Å². The molecule has 0 radical (unpaired) electrons. The van der Waals surface area contributed by atoms with Gasteiger partial charge in [-0.3, -0.25) is 24.1 Å². The number of hydrogen-bond acceptors (Lipinski definition) is 7. The Morgan fingerprint density at radius 1 is 0.976 bits per heavy atom. The first-order chi connectivity index (χ1) is 19.6. The number of thioether (sulfide) groups is 1. The number of benzene rings is 3. The lowest BCUT2D eigenvalue weighted by molar-refractivity contribution is -0.127. The predicted molar refractivity (Wildman–Crippen MR) is 160 cm³/mol. The molecule has 3 aromatic rings. The molecule has 2 N–H and O–H groups in total. The topological polar surface area (TPSA) is 114 Å². The average Bonchev–Trinajstić information content (AvgIpc) is 3.19. The summed E-state index contributed by atoms with van der Waals surface area (Å²) in [5, 5.41) is 5.38. The van der Waals surface area contributed by atoms with Crippen LogP contribution in [-0.2, 0) is 14.4 Å². The third-order valence-electron chi connectivity index (χ3n) is 5.98. The number of amides is 4. The molecule has 0 spiro atoms. The van der Waals surface area contributed by atoms with Gasteiger partial charge in [0.1, 0.15) is 6.54 Å². The molecular weight excluding hydrogens is 566 g/mol. The SMILES string of the molecule is COc1cc(/C=C2\SC(=O)N(CC(=O)Nc3cccc(Cl)c3)C2=O)ccc1OCC(=O)Nc1ccccc1C(C)C. The van der Waals surface area contributed by atoms with Gasteiger partial charge in [0.15, 0.2) is 18.1 Å². The summed E-state index contributed by atoms with van der Waals surface area (Å²) < 4.78 is 11.1. The standard InChI is InChI=1S/C30H28ClN3O6S/c1-18(2)22-9-4-5-10-23(22)33-28(36)17-40-24-12-11-19(13-25(24)39-3)14-26-29(37)34(30(38)41-26)16-27(35)32-21-8-6-7-20(31)15-21/h4-15,18H,16-17H2,1-3H3,(H,32,35)(H,33,36)/b26-14-. The number of methoxy groups -OCH3 is 1. The lowest BCUT2D eigenvalue weighted by atomic mass is 10.0. The zero-order chi connectivity index (χ0) is 29.5. The maximum Gasteiger partial charge on any atom is 0.294 e. The van der Waals surface area contributed by atoms with Crippen LogP contribution in [-0.4, -0.2) is 48.1 Å². The van der Waals surface area contributed by atoms with Crippen LogP contribution in [0.3, 0.4) is 0 Å². The molecule has 0 unspecified atom stereocenters. The van der Waals surface area contributed by atoms with Crippen LogP contribution in [0.25, 0.3) is 6.08 Å². The summed E-state index contributed by atoms with van der Waals surface area (Å²) in [5.41, 5.74) is 2.78. The quantitative estimate of drug-likeness (QED) is 0.270. The van der Waals surface area contributed by atoms with Crippen LogP contribution in [0.4, 0.5) is 16.2 Å². The molecule has 3 aromatic carbocycles. The number of anilines is 2. The van der Waals surface area contributed by atoms with E-state index in [0.29, 0.717) is 27.8 Å². The zero-order valence-corrected chi connectivity index (χ0v) is 24.2. The number of carbonyl (C=O) groups excluding carboxylic acids is 4. The van der Waals surface area contributed by atoms with E-state index in [2.05, 4.69) is 10.6 Å². The first kappa shape index (κ1) is 29.7. The monoisotopic (exact) mass is 593 g/mol. The van der Waals surface area contributed by atoms with E-state index >= 15 is 0 Å². The highest BCUT2D eigenvalue weighted by Gasteiger charge is 2.36. The fourth-order valence-corrected chi connectivity index (χ4v) is 5.06. The lowest BCUT2D eigenvalue weighted by Gasteiger charge is -2.15. The molecule has 4 amide bonds. The summed E-state index contributed by atoms with van der Waals surface area (Å²) in [7, 11) is 1.46. The molecule has 4 rings (SSSR count). The van der Waals surface area contributed by atoms with Gasteiger partial charge in [-0.05, 0) is 71.3 Å². The van der Waals surface area contributed by atoms with E-state index in [0.717, 1.165) is 27.9 Å². The van der Waals surface area contributed by atoms with Crippen LogP contribution in [0, 0.1) is 0 Å². The normalized spacial score (nSPS) is 14.0. The van der Waals surface area contributed by atoms with Crippen molar-refractivity contribution in [3.63, 3.8) is 0 Å². The summed E-state index contributed by atoms with van der Waals surface area (Å²) in [6.07, 6.45) is 1.53. The van der Waals surface area contributed by atoms with Crippen molar-refractivity contribution in [2.24, 2.45) is 0 Å². The third-order valence-corrected chi connectivity index (χ3v) is 7.13. The van der Waals surface area contributed by atoms with E-state index < -0.39 is 23.6 Å². The van der Waals surface area contributed by atoms with Gasteiger partial charge in [0.25, 0.3) is 17.1 Å². The number of hydrogen-bond donors (Lipinski definition) is 2. The highest BCUT2D eigenvalue weighted by Crippen LogP contribution is 2.34. The minimum Gasteiger partial charge on any atom is -0.493 e. The van der Waals surface area contributed by atoms with Crippen molar-refractivity contribution in [3.8, 4) is 11.5 Å². The molecule has 0 atom stereocenters. The molecule has 1 aliphatic rings. The second-order valence-electron chi connectivity index (χ2n) is 9.32. The first-order valence-electron chi connectivity index (χ1n) is 12.6. The molecule has 0 bridgehead atoms. The molecule has 0 saturated carbocycles. The molecule has 1 fully saturated rings. The lowest BCUT2D eigenvalue weighted by Crippen LogP contribution is -2.36. The number of ether oxygens (including phenoxy) is 2. The van der Waals surface area contributed by atoms with Crippen molar-refractivity contribution in [2.75, 3.05) is 30.9 Å². The van der Waals surface area contributed by atoms with E-state index in [1.54, 1.807) is 42.5 Å². The molecule has 41 heavy (non-hydrogen) atoms. The molecule has 0 aromatic heterocycles. The smallest absolute Gasteiger partial charge is 0.294 e. The summed E-state index contributed by atoms with van der Waals surface area (Å²) in [6.45, 7) is 3.42. The minimum atomic E-state index is -0.584. The number of halogens is 1. The molecule has 212 valence electrons. The molecule has 1 saturated heterocycles.